The van der Waals surface area contributed by atoms with Gasteiger partial charge >= 0.3 is 5.97 Å². The van der Waals surface area contributed by atoms with Gasteiger partial charge in [-0.3, -0.25) is 0 Å². The van der Waals surface area contributed by atoms with Crippen molar-refractivity contribution in [2.24, 2.45) is 0 Å². The molecule has 5 atom stereocenters. The first-order valence-corrected chi connectivity index (χ1v) is 14.6. The largest absolute Gasteiger partial charge is 0.497 e. The second kappa shape index (κ2) is 16.1. The van der Waals surface area contributed by atoms with E-state index in [9.17, 15) is 4.79 Å². The minimum atomic E-state index is -0.805. The van der Waals surface area contributed by atoms with Crippen molar-refractivity contribution in [2.45, 2.75) is 50.5 Å². The molecule has 0 radical (unpaired) electrons. The zero-order valence-electron chi connectivity index (χ0n) is 25.0. The number of esters is 1. The highest BCUT2D eigenvalue weighted by atomic mass is 16.7. The fraction of sp³-hybridized carbons (Fsp3) is 0.306. The average Bonchev–Trinajstić information content (AvgIpc) is 3.09. The lowest BCUT2D eigenvalue weighted by atomic mass is 9.97. The molecule has 8 nitrogen and oxygen atoms in total. The van der Waals surface area contributed by atoms with E-state index in [1.165, 1.54) is 0 Å². The van der Waals surface area contributed by atoms with Crippen molar-refractivity contribution in [3.8, 4) is 5.75 Å². The summed E-state index contributed by atoms with van der Waals surface area (Å²) in [6.45, 7) is 0.853. The molecule has 44 heavy (non-hydrogen) atoms. The zero-order valence-corrected chi connectivity index (χ0v) is 25.0. The molecule has 1 heterocycles. The third-order valence-electron chi connectivity index (χ3n) is 7.38. The summed E-state index contributed by atoms with van der Waals surface area (Å²) >= 11 is 0. The summed E-state index contributed by atoms with van der Waals surface area (Å²) in [4.78, 5) is 13.0. The molecular formula is C36H38O8. The van der Waals surface area contributed by atoms with Crippen molar-refractivity contribution < 1.29 is 38.0 Å². The fourth-order valence-electron chi connectivity index (χ4n) is 5.04. The average molecular weight is 599 g/mol. The summed E-state index contributed by atoms with van der Waals surface area (Å²) < 4.78 is 42.7. The molecule has 1 fully saturated rings. The lowest BCUT2D eigenvalue weighted by Crippen LogP contribution is -2.61. The molecule has 0 spiro atoms. The predicted molar refractivity (Wildman–Crippen MR) is 164 cm³/mol. The van der Waals surface area contributed by atoms with Gasteiger partial charge in [0.2, 0.25) is 0 Å². The number of methoxy groups -OCH3 is 2. The normalized spacial score (nSPS) is 21.5. The van der Waals surface area contributed by atoms with Crippen molar-refractivity contribution in [1.82, 2.24) is 0 Å². The van der Waals surface area contributed by atoms with E-state index in [-0.39, 0.29) is 6.61 Å². The molecule has 1 aliphatic rings. The van der Waals surface area contributed by atoms with E-state index in [0.717, 1.165) is 16.7 Å². The molecule has 4 aromatic carbocycles. The maximum absolute atomic E-state index is 13.0. The Balaban J connectivity index is 1.40. The standard InChI is InChI=1S/C36H38O8/c1-38-30-20-18-29(19-21-30)35(37)43-25-31-32(40-22-26-12-6-3-7-13-26)33(41-23-27-14-8-4-9-15-27)34(36(39-2)44-31)42-24-28-16-10-5-11-17-28/h3-21,31-34,36H,22-25H2,1-2H3/t31-,32+,33+,34-,36-/m1/s1. The molecule has 0 unspecified atom stereocenters. The van der Waals surface area contributed by atoms with Crippen LogP contribution in [0.25, 0.3) is 0 Å². The van der Waals surface area contributed by atoms with Crippen LogP contribution in [0.3, 0.4) is 0 Å². The van der Waals surface area contributed by atoms with Gasteiger partial charge in [-0.05, 0) is 41.0 Å². The SMILES string of the molecule is COc1ccc(C(=O)OC[C@H]2O[C@@H](OC)[C@H](OCc3ccccc3)[C@@H](OCc3ccccc3)[C@H]2OCc2ccccc2)cc1. The minimum absolute atomic E-state index is 0.0826. The van der Waals surface area contributed by atoms with E-state index in [1.54, 1.807) is 38.5 Å². The summed E-state index contributed by atoms with van der Waals surface area (Å²) in [7, 11) is 3.13. The molecule has 1 aliphatic heterocycles. The Hall–Kier alpha value is -4.05. The van der Waals surface area contributed by atoms with E-state index in [0.29, 0.717) is 31.1 Å². The van der Waals surface area contributed by atoms with Crippen molar-refractivity contribution in [1.29, 1.82) is 0 Å². The van der Waals surface area contributed by atoms with Gasteiger partial charge in [-0.15, -0.1) is 0 Å². The highest BCUT2D eigenvalue weighted by Crippen LogP contribution is 2.31. The monoisotopic (exact) mass is 598 g/mol. The van der Waals surface area contributed by atoms with Crippen LogP contribution in [-0.2, 0) is 48.2 Å². The Morgan fingerprint density at radius 1 is 0.614 bits per heavy atom. The van der Waals surface area contributed by atoms with Crippen molar-refractivity contribution in [3.05, 3.63) is 138 Å². The Morgan fingerprint density at radius 3 is 1.57 bits per heavy atom. The van der Waals surface area contributed by atoms with Crippen LogP contribution in [0, 0.1) is 0 Å². The highest BCUT2D eigenvalue weighted by Gasteiger charge is 2.49. The molecule has 4 aromatic rings. The quantitative estimate of drug-likeness (QED) is 0.164. The second-order valence-corrected chi connectivity index (χ2v) is 10.4. The Morgan fingerprint density at radius 2 is 1.09 bits per heavy atom. The lowest BCUT2D eigenvalue weighted by Gasteiger charge is -2.45. The van der Waals surface area contributed by atoms with Gasteiger partial charge in [-0.2, -0.15) is 0 Å². The van der Waals surface area contributed by atoms with Gasteiger partial charge in [-0.1, -0.05) is 91.0 Å². The number of ether oxygens (including phenoxy) is 7. The number of benzene rings is 4. The van der Waals surface area contributed by atoms with Gasteiger partial charge in [-0.25, -0.2) is 4.79 Å². The maximum atomic E-state index is 13.0. The predicted octanol–water partition coefficient (Wildman–Crippen LogP) is 5.98. The smallest absolute Gasteiger partial charge is 0.338 e. The Bertz CT molecular complexity index is 1400. The fourth-order valence-corrected chi connectivity index (χ4v) is 5.04. The first kappa shape index (κ1) is 31.4. The summed E-state index contributed by atoms with van der Waals surface area (Å²) in [5.74, 6) is 0.158. The van der Waals surface area contributed by atoms with E-state index in [2.05, 4.69) is 0 Å². The summed E-state index contributed by atoms with van der Waals surface area (Å²) in [6.07, 6.45) is -3.43. The van der Waals surface area contributed by atoms with Gasteiger partial charge in [0.15, 0.2) is 6.29 Å². The van der Waals surface area contributed by atoms with Gasteiger partial charge in [0.05, 0.1) is 32.5 Å². The van der Waals surface area contributed by atoms with Crippen LogP contribution in [0.2, 0.25) is 0 Å². The van der Waals surface area contributed by atoms with Crippen LogP contribution in [0.5, 0.6) is 5.75 Å². The van der Waals surface area contributed by atoms with Crippen molar-refractivity contribution in [3.63, 3.8) is 0 Å². The number of hydrogen-bond donors (Lipinski definition) is 0. The van der Waals surface area contributed by atoms with E-state index in [4.69, 9.17) is 33.2 Å². The van der Waals surface area contributed by atoms with Gasteiger partial charge in [0.1, 0.15) is 36.8 Å². The molecule has 0 N–H and O–H groups in total. The van der Waals surface area contributed by atoms with Gasteiger partial charge in [0.25, 0.3) is 0 Å². The molecule has 230 valence electrons. The lowest BCUT2D eigenvalue weighted by molar-refractivity contribution is -0.321. The number of hydrogen-bond acceptors (Lipinski definition) is 8. The van der Waals surface area contributed by atoms with Gasteiger partial charge < -0.3 is 33.2 Å². The van der Waals surface area contributed by atoms with Crippen LogP contribution in [0.15, 0.2) is 115 Å². The summed E-state index contributed by atoms with van der Waals surface area (Å²) in [5, 5.41) is 0. The van der Waals surface area contributed by atoms with Crippen LogP contribution in [0.1, 0.15) is 27.0 Å². The number of carbonyl (C=O) groups excluding carboxylic acids is 1. The van der Waals surface area contributed by atoms with E-state index in [1.807, 2.05) is 91.0 Å². The second-order valence-electron chi connectivity index (χ2n) is 10.4. The molecule has 0 bridgehead atoms. The number of rotatable bonds is 14. The molecule has 0 aliphatic carbocycles. The van der Waals surface area contributed by atoms with Crippen LogP contribution in [0.4, 0.5) is 0 Å². The first-order chi connectivity index (χ1) is 21.6. The molecule has 0 aromatic heterocycles. The van der Waals surface area contributed by atoms with Crippen LogP contribution >= 0.6 is 0 Å². The molecule has 0 amide bonds. The molecule has 8 heteroatoms. The van der Waals surface area contributed by atoms with Crippen molar-refractivity contribution in [2.75, 3.05) is 20.8 Å². The maximum Gasteiger partial charge on any atom is 0.338 e. The van der Waals surface area contributed by atoms with Gasteiger partial charge in [0, 0.05) is 7.11 Å². The zero-order chi connectivity index (χ0) is 30.6. The molecular weight excluding hydrogens is 560 g/mol. The molecule has 0 saturated carbocycles. The minimum Gasteiger partial charge on any atom is -0.497 e. The third kappa shape index (κ3) is 8.53. The first-order valence-electron chi connectivity index (χ1n) is 14.6. The molecule has 5 rings (SSSR count). The highest BCUT2D eigenvalue weighted by molar-refractivity contribution is 5.89. The summed E-state index contributed by atoms with van der Waals surface area (Å²) in [6, 6.07) is 36.4. The Kier molecular flexibility index (Phi) is 11.5. The Labute approximate surface area is 258 Å². The van der Waals surface area contributed by atoms with E-state index >= 15 is 0 Å². The number of carbonyl (C=O) groups is 1. The molecule has 1 saturated heterocycles. The topological polar surface area (TPSA) is 81.7 Å². The third-order valence-corrected chi connectivity index (χ3v) is 7.38. The van der Waals surface area contributed by atoms with E-state index < -0.39 is 36.7 Å². The summed E-state index contributed by atoms with van der Waals surface area (Å²) in [5.41, 5.74) is 3.38. The van der Waals surface area contributed by atoms with Crippen molar-refractivity contribution >= 4 is 5.97 Å². The van der Waals surface area contributed by atoms with Crippen LogP contribution < -0.4 is 4.74 Å². The van der Waals surface area contributed by atoms with Crippen LogP contribution in [-0.4, -0.2) is 57.5 Å².